The Morgan fingerprint density at radius 2 is 2.12 bits per heavy atom. The first-order valence-corrected chi connectivity index (χ1v) is 5.62. The molecule has 0 aliphatic heterocycles. The van der Waals surface area contributed by atoms with Crippen molar-refractivity contribution in [2.24, 2.45) is 0 Å². The number of oxazole rings is 1. The zero-order valence-corrected chi connectivity index (χ0v) is 10.2. The van der Waals surface area contributed by atoms with Gasteiger partial charge in [0.1, 0.15) is 11.3 Å². The normalized spacial score (nSPS) is 10.4. The van der Waals surface area contributed by atoms with E-state index in [2.05, 4.69) is 4.98 Å². The number of benzene rings is 1. The van der Waals surface area contributed by atoms with Gasteiger partial charge in [-0.2, -0.15) is 4.98 Å². The van der Waals surface area contributed by atoms with Crippen molar-refractivity contribution in [2.45, 2.75) is 5.88 Å². The van der Waals surface area contributed by atoms with E-state index >= 15 is 0 Å². The van der Waals surface area contributed by atoms with E-state index in [1.165, 1.54) is 6.26 Å². The molecule has 1 heterocycles. The Bertz CT molecular complexity index is 499. The molecule has 1 aromatic carbocycles. The summed E-state index contributed by atoms with van der Waals surface area (Å²) in [5.41, 5.74) is 0.592. The molecule has 0 unspecified atom stereocenters. The van der Waals surface area contributed by atoms with Gasteiger partial charge < -0.3 is 9.15 Å². The van der Waals surface area contributed by atoms with Crippen LogP contribution in [-0.2, 0) is 5.88 Å². The van der Waals surface area contributed by atoms with Crippen LogP contribution in [0.2, 0.25) is 10.0 Å². The third-order valence-corrected chi connectivity index (χ3v) is 2.86. The number of halogens is 3. The first-order valence-electron chi connectivity index (χ1n) is 4.33. The maximum absolute atomic E-state index is 5.93. The standard InChI is InChI=1S/C10H6Cl3NO2/c11-4-6-5-15-10(14-6)16-8-3-1-2-7(12)9(8)13/h1-3,5H,4H2. The molecule has 0 aliphatic rings. The zero-order valence-electron chi connectivity index (χ0n) is 7.91. The number of hydrogen-bond donors (Lipinski definition) is 0. The summed E-state index contributed by atoms with van der Waals surface area (Å²) < 4.78 is 10.4. The van der Waals surface area contributed by atoms with Crippen LogP contribution in [0.5, 0.6) is 11.8 Å². The molecule has 0 bridgehead atoms. The predicted molar refractivity (Wildman–Crippen MR) is 62.6 cm³/mol. The van der Waals surface area contributed by atoms with Gasteiger partial charge in [-0.05, 0) is 12.1 Å². The molecule has 0 N–H and O–H groups in total. The summed E-state index contributed by atoms with van der Waals surface area (Å²) in [6.07, 6.45) is 1.50. The Balaban J connectivity index is 2.23. The molecule has 2 aromatic rings. The van der Waals surface area contributed by atoms with Crippen LogP contribution in [0.3, 0.4) is 0 Å². The van der Waals surface area contributed by atoms with Crippen molar-refractivity contribution in [3.63, 3.8) is 0 Å². The molecule has 0 saturated heterocycles. The lowest BCUT2D eigenvalue weighted by Crippen LogP contribution is -1.86. The third kappa shape index (κ3) is 2.43. The number of rotatable bonds is 3. The maximum Gasteiger partial charge on any atom is 0.399 e. The van der Waals surface area contributed by atoms with E-state index in [1.54, 1.807) is 18.2 Å². The topological polar surface area (TPSA) is 35.3 Å². The van der Waals surface area contributed by atoms with Crippen molar-refractivity contribution in [3.05, 3.63) is 40.2 Å². The van der Waals surface area contributed by atoms with E-state index in [-0.39, 0.29) is 12.0 Å². The Kier molecular flexibility index (Phi) is 3.59. The van der Waals surface area contributed by atoms with E-state index in [0.717, 1.165) is 0 Å². The Hall–Kier alpha value is -0.900. The monoisotopic (exact) mass is 277 g/mol. The van der Waals surface area contributed by atoms with Crippen molar-refractivity contribution in [3.8, 4) is 11.8 Å². The first kappa shape index (κ1) is 11.6. The molecule has 3 nitrogen and oxygen atoms in total. The van der Waals surface area contributed by atoms with Gasteiger partial charge in [-0.25, -0.2) is 0 Å². The van der Waals surface area contributed by atoms with Crippen LogP contribution in [0.25, 0.3) is 0 Å². The van der Waals surface area contributed by atoms with Gasteiger partial charge in [-0.3, -0.25) is 0 Å². The van der Waals surface area contributed by atoms with Crippen LogP contribution in [0.1, 0.15) is 5.69 Å². The fourth-order valence-electron chi connectivity index (χ4n) is 1.05. The molecule has 0 fully saturated rings. The minimum absolute atomic E-state index is 0.0832. The van der Waals surface area contributed by atoms with Crippen molar-refractivity contribution in [1.29, 1.82) is 0 Å². The molecular formula is C10H6Cl3NO2. The molecule has 0 aliphatic carbocycles. The molecular weight excluding hydrogens is 272 g/mol. The Morgan fingerprint density at radius 3 is 2.81 bits per heavy atom. The highest BCUT2D eigenvalue weighted by Crippen LogP contribution is 2.34. The van der Waals surface area contributed by atoms with Crippen LogP contribution in [0, 0.1) is 0 Å². The van der Waals surface area contributed by atoms with E-state index < -0.39 is 0 Å². The summed E-state index contributed by atoms with van der Waals surface area (Å²) >= 11 is 17.3. The van der Waals surface area contributed by atoms with E-state index in [4.69, 9.17) is 44.0 Å². The lowest BCUT2D eigenvalue weighted by atomic mass is 10.3. The molecule has 16 heavy (non-hydrogen) atoms. The first-order chi connectivity index (χ1) is 7.70. The summed E-state index contributed by atoms with van der Waals surface area (Å²) in [6.45, 7) is 0. The van der Waals surface area contributed by atoms with Crippen LogP contribution in [0.4, 0.5) is 0 Å². The van der Waals surface area contributed by atoms with Crippen molar-refractivity contribution < 1.29 is 9.15 Å². The van der Waals surface area contributed by atoms with Gasteiger partial charge in [0, 0.05) is 0 Å². The fraction of sp³-hybridized carbons (Fsp3) is 0.100. The van der Waals surface area contributed by atoms with E-state index in [1.807, 2.05) is 0 Å². The summed E-state index contributed by atoms with van der Waals surface area (Å²) in [5.74, 6) is 0.646. The van der Waals surface area contributed by atoms with Gasteiger partial charge in [-0.15, -0.1) is 11.6 Å². The summed E-state index contributed by atoms with van der Waals surface area (Å²) in [5, 5.41) is 0.720. The second kappa shape index (κ2) is 4.95. The highest BCUT2D eigenvalue weighted by molar-refractivity contribution is 6.42. The quantitative estimate of drug-likeness (QED) is 0.775. The summed E-state index contributed by atoms with van der Waals surface area (Å²) in [6, 6.07) is 5.05. The minimum atomic E-state index is 0.0832. The minimum Gasteiger partial charge on any atom is -0.417 e. The molecule has 0 amide bonds. The maximum atomic E-state index is 5.93. The van der Waals surface area contributed by atoms with Crippen LogP contribution < -0.4 is 4.74 Å². The zero-order chi connectivity index (χ0) is 11.5. The number of ether oxygens (including phenoxy) is 1. The molecule has 0 saturated carbocycles. The van der Waals surface area contributed by atoms with Gasteiger partial charge in [0.2, 0.25) is 0 Å². The van der Waals surface area contributed by atoms with Gasteiger partial charge in [-0.1, -0.05) is 29.3 Å². The lowest BCUT2D eigenvalue weighted by Gasteiger charge is -2.03. The highest BCUT2D eigenvalue weighted by Gasteiger charge is 2.10. The van der Waals surface area contributed by atoms with Crippen LogP contribution in [-0.4, -0.2) is 4.98 Å². The van der Waals surface area contributed by atoms with Crippen molar-refractivity contribution >= 4 is 34.8 Å². The average Bonchev–Trinajstić information content (AvgIpc) is 2.73. The highest BCUT2D eigenvalue weighted by atomic mass is 35.5. The van der Waals surface area contributed by atoms with Crippen molar-refractivity contribution in [1.82, 2.24) is 4.98 Å². The molecule has 0 atom stereocenters. The van der Waals surface area contributed by atoms with Crippen LogP contribution in [0.15, 0.2) is 28.9 Å². The fourth-order valence-corrected chi connectivity index (χ4v) is 1.51. The molecule has 1 aromatic heterocycles. The summed E-state index contributed by atoms with van der Waals surface area (Å²) in [4.78, 5) is 3.97. The van der Waals surface area contributed by atoms with Crippen molar-refractivity contribution in [2.75, 3.05) is 0 Å². The average molecular weight is 279 g/mol. The lowest BCUT2D eigenvalue weighted by molar-refractivity contribution is 0.331. The van der Waals surface area contributed by atoms with E-state index in [0.29, 0.717) is 21.5 Å². The van der Waals surface area contributed by atoms with E-state index in [9.17, 15) is 0 Å². The SMILES string of the molecule is ClCc1coc(Oc2cccc(Cl)c2Cl)n1. The van der Waals surface area contributed by atoms with Gasteiger partial charge >= 0.3 is 6.08 Å². The number of nitrogens with zero attached hydrogens (tertiary/aromatic N) is 1. The molecule has 84 valence electrons. The van der Waals surface area contributed by atoms with Crippen LogP contribution >= 0.6 is 34.8 Å². The largest absolute Gasteiger partial charge is 0.417 e. The second-order valence-electron chi connectivity index (χ2n) is 2.89. The smallest absolute Gasteiger partial charge is 0.399 e. The molecule has 2 rings (SSSR count). The Labute approximate surface area is 107 Å². The number of alkyl halides is 1. The molecule has 6 heteroatoms. The second-order valence-corrected chi connectivity index (χ2v) is 3.94. The number of hydrogen-bond acceptors (Lipinski definition) is 3. The third-order valence-electron chi connectivity index (χ3n) is 1.78. The van der Waals surface area contributed by atoms with Gasteiger partial charge in [0.15, 0.2) is 5.75 Å². The number of aromatic nitrogens is 1. The Morgan fingerprint density at radius 1 is 1.31 bits per heavy atom. The molecule has 0 spiro atoms. The summed E-state index contributed by atoms with van der Waals surface area (Å²) in [7, 11) is 0. The molecule has 0 radical (unpaired) electrons. The predicted octanol–water partition coefficient (Wildman–Crippen LogP) is 4.51. The van der Waals surface area contributed by atoms with Gasteiger partial charge in [0.05, 0.1) is 16.6 Å². The van der Waals surface area contributed by atoms with Gasteiger partial charge in [0.25, 0.3) is 0 Å².